The Kier molecular flexibility index (Phi) is 5.24. The van der Waals surface area contributed by atoms with E-state index < -0.39 is 0 Å². The number of carbonyl (C=O) groups excluding carboxylic acids is 1. The van der Waals surface area contributed by atoms with Crippen LogP contribution in [0.5, 0.6) is 0 Å². The van der Waals surface area contributed by atoms with Gasteiger partial charge in [0.25, 0.3) is 0 Å². The van der Waals surface area contributed by atoms with Gasteiger partial charge in [-0.2, -0.15) is 0 Å². The van der Waals surface area contributed by atoms with Gasteiger partial charge in [-0.1, -0.05) is 36.8 Å². The molecule has 1 heterocycles. The fourth-order valence-electron chi connectivity index (χ4n) is 4.98. The predicted molar refractivity (Wildman–Crippen MR) is 92.7 cm³/mol. The maximum Gasteiger partial charge on any atom is 0.310 e. The molecule has 4 heteroatoms. The summed E-state index contributed by atoms with van der Waals surface area (Å²) in [5, 5.41) is 0. The number of fused-ring (bicyclic) bond motifs is 1. The summed E-state index contributed by atoms with van der Waals surface area (Å²) in [6.45, 7) is 4.71. The first-order valence-electron chi connectivity index (χ1n) is 9.08. The van der Waals surface area contributed by atoms with E-state index in [4.69, 9.17) is 4.74 Å². The van der Waals surface area contributed by atoms with Crippen LogP contribution in [0, 0.1) is 18.8 Å². The maximum atomic E-state index is 12.7. The fourth-order valence-corrected chi connectivity index (χ4v) is 4.98. The quantitative estimate of drug-likeness (QED) is 0.743. The van der Waals surface area contributed by atoms with Crippen molar-refractivity contribution in [1.29, 1.82) is 0 Å². The van der Waals surface area contributed by atoms with Crippen LogP contribution >= 0.6 is 0 Å². The molecule has 1 aromatic carbocycles. The highest BCUT2D eigenvalue weighted by molar-refractivity contribution is 5.75. The molecule has 5 atom stereocenters. The molecule has 24 heavy (non-hydrogen) atoms. The van der Waals surface area contributed by atoms with E-state index in [0.717, 1.165) is 19.4 Å². The molecule has 1 aliphatic heterocycles. The van der Waals surface area contributed by atoms with Gasteiger partial charge in [-0.3, -0.25) is 14.1 Å². The molecule has 1 aliphatic carbocycles. The lowest BCUT2D eigenvalue weighted by atomic mass is 9.77. The van der Waals surface area contributed by atoms with E-state index in [1.807, 2.05) is 0 Å². The van der Waals surface area contributed by atoms with E-state index in [-0.39, 0.29) is 30.5 Å². The molecule has 0 radical (unpaired) electrons. The molecule has 0 bridgehead atoms. The second-order valence-electron chi connectivity index (χ2n) is 7.21. The maximum absolute atomic E-state index is 12.7. The van der Waals surface area contributed by atoms with Crippen LogP contribution in [0.4, 0.5) is 4.39 Å². The van der Waals surface area contributed by atoms with Crippen molar-refractivity contribution in [3.05, 3.63) is 35.4 Å². The third-order valence-corrected chi connectivity index (χ3v) is 6.02. The third-order valence-electron chi connectivity index (χ3n) is 6.02. The Labute approximate surface area is 144 Å². The van der Waals surface area contributed by atoms with Crippen LogP contribution in [0.1, 0.15) is 43.2 Å². The van der Waals surface area contributed by atoms with Crippen molar-refractivity contribution in [2.24, 2.45) is 11.8 Å². The SMILES string of the molecule is CCC1C2CC(c3ccc(C)cc3)C(C(=O)OC)C2N1CCCF. The first-order chi connectivity index (χ1) is 11.6. The number of carbonyl (C=O) groups is 1. The Morgan fingerprint density at radius 2 is 2.04 bits per heavy atom. The molecule has 1 saturated carbocycles. The summed E-state index contributed by atoms with van der Waals surface area (Å²) in [7, 11) is 1.48. The highest BCUT2D eigenvalue weighted by Crippen LogP contribution is 2.55. The molecular weight excluding hydrogens is 305 g/mol. The standard InChI is InChI=1S/C20H28FNO2/c1-4-17-16-12-15(14-8-6-13(2)7-9-14)18(20(23)24-3)19(16)22(17)11-5-10-21/h6-9,15-19H,4-5,10-12H2,1-3H3. The van der Waals surface area contributed by atoms with Gasteiger partial charge in [0.2, 0.25) is 0 Å². The molecule has 2 aliphatic rings. The second kappa shape index (κ2) is 7.22. The van der Waals surface area contributed by atoms with Crippen molar-refractivity contribution < 1.29 is 13.9 Å². The minimum Gasteiger partial charge on any atom is -0.469 e. The minimum atomic E-state index is -0.297. The molecule has 0 spiro atoms. The zero-order chi connectivity index (χ0) is 17.3. The average molecular weight is 333 g/mol. The Hall–Kier alpha value is -1.42. The first kappa shape index (κ1) is 17.4. The van der Waals surface area contributed by atoms with Crippen LogP contribution in [0.15, 0.2) is 24.3 Å². The molecule has 132 valence electrons. The van der Waals surface area contributed by atoms with Crippen molar-refractivity contribution in [2.75, 3.05) is 20.3 Å². The molecule has 0 amide bonds. The lowest BCUT2D eigenvalue weighted by Crippen LogP contribution is -2.64. The number of benzene rings is 1. The van der Waals surface area contributed by atoms with E-state index in [1.165, 1.54) is 18.2 Å². The number of likely N-dealkylation sites (tertiary alicyclic amines) is 1. The Morgan fingerprint density at radius 3 is 2.62 bits per heavy atom. The first-order valence-corrected chi connectivity index (χ1v) is 9.08. The number of alkyl halides is 1. The highest BCUT2D eigenvalue weighted by Gasteiger charge is 2.60. The number of methoxy groups -OCH3 is 1. The van der Waals surface area contributed by atoms with E-state index in [1.54, 1.807) is 0 Å². The van der Waals surface area contributed by atoms with Crippen LogP contribution in [-0.2, 0) is 9.53 Å². The monoisotopic (exact) mass is 333 g/mol. The zero-order valence-corrected chi connectivity index (χ0v) is 14.9. The molecule has 3 nitrogen and oxygen atoms in total. The molecular formula is C20H28FNO2. The van der Waals surface area contributed by atoms with Gasteiger partial charge in [0.05, 0.1) is 19.7 Å². The Balaban J connectivity index is 1.88. The largest absolute Gasteiger partial charge is 0.469 e. The molecule has 5 unspecified atom stereocenters. The van der Waals surface area contributed by atoms with Crippen LogP contribution in [0.2, 0.25) is 0 Å². The van der Waals surface area contributed by atoms with Gasteiger partial charge < -0.3 is 4.74 Å². The lowest BCUT2D eigenvalue weighted by Gasteiger charge is -2.54. The van der Waals surface area contributed by atoms with Crippen molar-refractivity contribution in [1.82, 2.24) is 4.90 Å². The molecule has 3 rings (SSSR count). The predicted octanol–water partition coefficient (Wildman–Crippen LogP) is 3.71. The van der Waals surface area contributed by atoms with Crippen molar-refractivity contribution in [3.8, 4) is 0 Å². The average Bonchev–Trinajstić information content (AvgIpc) is 2.91. The number of nitrogens with zero attached hydrogens (tertiary/aromatic N) is 1. The summed E-state index contributed by atoms with van der Waals surface area (Å²) < 4.78 is 17.8. The number of esters is 1. The number of hydrogen-bond donors (Lipinski definition) is 0. The van der Waals surface area contributed by atoms with Crippen LogP contribution in [0.3, 0.4) is 0 Å². The van der Waals surface area contributed by atoms with Crippen LogP contribution in [-0.4, -0.2) is 43.3 Å². The number of hydrogen-bond acceptors (Lipinski definition) is 3. The molecule has 0 aromatic heterocycles. The fraction of sp³-hybridized carbons (Fsp3) is 0.650. The van der Waals surface area contributed by atoms with Crippen LogP contribution < -0.4 is 0 Å². The lowest BCUT2D eigenvalue weighted by molar-refractivity contribution is -0.153. The number of halogens is 1. The van der Waals surface area contributed by atoms with E-state index >= 15 is 0 Å². The Bertz CT molecular complexity index is 574. The summed E-state index contributed by atoms with van der Waals surface area (Å²) in [5.41, 5.74) is 2.45. The summed E-state index contributed by atoms with van der Waals surface area (Å²) in [5.74, 6) is 0.473. The number of rotatable bonds is 6. The number of aryl methyl sites for hydroxylation is 1. The summed E-state index contributed by atoms with van der Waals surface area (Å²) in [6.07, 6.45) is 2.63. The molecule has 2 fully saturated rings. The topological polar surface area (TPSA) is 29.5 Å². The molecule has 0 N–H and O–H groups in total. The summed E-state index contributed by atoms with van der Waals surface area (Å²) in [6, 6.07) is 9.20. The van der Waals surface area contributed by atoms with Gasteiger partial charge in [-0.05, 0) is 43.6 Å². The third kappa shape index (κ3) is 2.85. The summed E-state index contributed by atoms with van der Waals surface area (Å²) in [4.78, 5) is 14.9. The van der Waals surface area contributed by atoms with E-state index in [0.29, 0.717) is 18.4 Å². The van der Waals surface area contributed by atoms with Gasteiger partial charge >= 0.3 is 5.97 Å². The molecule has 1 aromatic rings. The highest BCUT2D eigenvalue weighted by atomic mass is 19.1. The molecule has 1 saturated heterocycles. The smallest absolute Gasteiger partial charge is 0.310 e. The van der Waals surface area contributed by atoms with Gasteiger partial charge in [0, 0.05) is 18.6 Å². The van der Waals surface area contributed by atoms with Gasteiger partial charge in [-0.25, -0.2) is 0 Å². The van der Waals surface area contributed by atoms with Gasteiger partial charge in [-0.15, -0.1) is 0 Å². The second-order valence-corrected chi connectivity index (χ2v) is 7.21. The normalized spacial score (nSPS) is 32.2. The summed E-state index contributed by atoms with van der Waals surface area (Å²) >= 11 is 0. The van der Waals surface area contributed by atoms with E-state index in [2.05, 4.69) is 43.0 Å². The van der Waals surface area contributed by atoms with Crippen molar-refractivity contribution in [2.45, 2.75) is 51.1 Å². The minimum absolute atomic E-state index is 0.118. The van der Waals surface area contributed by atoms with Crippen molar-refractivity contribution in [3.63, 3.8) is 0 Å². The van der Waals surface area contributed by atoms with Crippen LogP contribution in [0.25, 0.3) is 0 Å². The van der Waals surface area contributed by atoms with Gasteiger partial charge in [0.15, 0.2) is 0 Å². The van der Waals surface area contributed by atoms with E-state index in [9.17, 15) is 9.18 Å². The van der Waals surface area contributed by atoms with Crippen molar-refractivity contribution >= 4 is 5.97 Å². The van der Waals surface area contributed by atoms with Gasteiger partial charge in [0.1, 0.15) is 0 Å². The number of ether oxygens (including phenoxy) is 1. The Morgan fingerprint density at radius 1 is 1.33 bits per heavy atom. The zero-order valence-electron chi connectivity index (χ0n) is 14.9.